The third-order valence-electron chi connectivity index (χ3n) is 3.63. The number of aromatic hydroxyl groups is 1. The van der Waals surface area contributed by atoms with Gasteiger partial charge >= 0.3 is 0 Å². The summed E-state index contributed by atoms with van der Waals surface area (Å²) in [6.45, 7) is 3.81. The van der Waals surface area contributed by atoms with Crippen molar-refractivity contribution in [3.63, 3.8) is 0 Å². The number of amides is 1. The second kappa shape index (κ2) is 5.99. The summed E-state index contributed by atoms with van der Waals surface area (Å²) >= 11 is 0. The zero-order valence-electron chi connectivity index (χ0n) is 12.8. The summed E-state index contributed by atoms with van der Waals surface area (Å²) < 4.78 is 1.66. The zero-order valence-corrected chi connectivity index (χ0v) is 12.8. The van der Waals surface area contributed by atoms with E-state index >= 15 is 0 Å². The van der Waals surface area contributed by atoms with Gasteiger partial charge in [0.2, 0.25) is 5.91 Å². The van der Waals surface area contributed by atoms with Crippen molar-refractivity contribution in [1.29, 1.82) is 0 Å². The van der Waals surface area contributed by atoms with E-state index in [1.807, 2.05) is 13.8 Å². The molecule has 1 amide bonds. The van der Waals surface area contributed by atoms with Crippen LogP contribution in [0.1, 0.15) is 23.4 Å². The lowest BCUT2D eigenvalue weighted by Gasteiger charge is -2.10. The van der Waals surface area contributed by atoms with E-state index < -0.39 is 0 Å². The number of carbonyl (C=O) groups excluding carboxylic acids is 1. The van der Waals surface area contributed by atoms with Crippen molar-refractivity contribution in [1.82, 2.24) is 24.6 Å². The Labute approximate surface area is 132 Å². The number of aryl methyl sites for hydroxylation is 2. The van der Waals surface area contributed by atoms with Crippen LogP contribution in [0.25, 0.3) is 5.78 Å². The highest BCUT2D eigenvalue weighted by atomic mass is 16.3. The molecule has 0 aliphatic carbocycles. The first-order chi connectivity index (χ1) is 11.1. The highest BCUT2D eigenvalue weighted by Crippen LogP contribution is 2.19. The second-order valence-corrected chi connectivity index (χ2v) is 5.15. The second-order valence-electron chi connectivity index (χ2n) is 5.15. The Hall–Kier alpha value is -3.03. The first-order valence-electron chi connectivity index (χ1n) is 7.16. The normalized spacial score (nSPS) is 10.9. The number of nitrogens with zero attached hydrogens (tertiary/aromatic N) is 5. The lowest BCUT2D eigenvalue weighted by atomic mass is 10.1. The Bertz CT molecular complexity index is 874. The Morgan fingerprint density at radius 2 is 2.17 bits per heavy atom. The minimum Gasteiger partial charge on any atom is -0.504 e. The van der Waals surface area contributed by atoms with Crippen LogP contribution >= 0.6 is 0 Å². The van der Waals surface area contributed by atoms with Crippen LogP contribution in [-0.4, -0.2) is 35.6 Å². The predicted octanol–water partition coefficient (Wildman–Crippen LogP) is 1.41. The number of anilines is 1. The molecule has 0 radical (unpaired) electrons. The molecule has 3 rings (SSSR count). The van der Waals surface area contributed by atoms with Crippen LogP contribution in [0.3, 0.4) is 0 Å². The Kier molecular flexibility index (Phi) is 3.88. The van der Waals surface area contributed by atoms with Crippen LogP contribution in [0.4, 0.5) is 5.82 Å². The molecule has 23 heavy (non-hydrogen) atoms. The summed E-state index contributed by atoms with van der Waals surface area (Å²) in [6, 6.07) is 3.07. The van der Waals surface area contributed by atoms with Gasteiger partial charge in [-0.1, -0.05) is 0 Å². The molecule has 0 spiro atoms. The van der Waals surface area contributed by atoms with Gasteiger partial charge in [-0.25, -0.2) is 14.5 Å². The molecule has 0 aliphatic heterocycles. The van der Waals surface area contributed by atoms with Crippen molar-refractivity contribution >= 4 is 17.5 Å². The number of fused-ring (bicyclic) bond motifs is 1. The maximum atomic E-state index is 12.1. The maximum absolute atomic E-state index is 12.1. The zero-order chi connectivity index (χ0) is 16.4. The largest absolute Gasteiger partial charge is 0.504 e. The number of hydrogen-bond acceptors (Lipinski definition) is 6. The fraction of sp³-hybridized carbons (Fsp3) is 0.267. The fourth-order valence-electron chi connectivity index (χ4n) is 2.44. The van der Waals surface area contributed by atoms with E-state index in [9.17, 15) is 9.90 Å². The lowest BCUT2D eigenvalue weighted by Crippen LogP contribution is -2.15. The van der Waals surface area contributed by atoms with Crippen LogP contribution in [0, 0.1) is 13.8 Å². The van der Waals surface area contributed by atoms with Gasteiger partial charge in [-0.3, -0.25) is 4.79 Å². The maximum Gasteiger partial charge on any atom is 0.252 e. The SMILES string of the molecule is Cc1nc2ncnn2c(C)c1CCC(=O)Nc1ncccc1O. The van der Waals surface area contributed by atoms with Crippen LogP contribution < -0.4 is 5.32 Å². The number of pyridine rings is 1. The Morgan fingerprint density at radius 1 is 1.35 bits per heavy atom. The summed E-state index contributed by atoms with van der Waals surface area (Å²) in [4.78, 5) is 24.4. The molecule has 8 heteroatoms. The molecule has 0 saturated carbocycles. The molecule has 3 aromatic rings. The first-order valence-corrected chi connectivity index (χ1v) is 7.16. The third-order valence-corrected chi connectivity index (χ3v) is 3.63. The van der Waals surface area contributed by atoms with Gasteiger partial charge in [-0.05, 0) is 38.0 Å². The van der Waals surface area contributed by atoms with Gasteiger partial charge in [-0.15, -0.1) is 0 Å². The molecule has 118 valence electrons. The summed E-state index contributed by atoms with van der Waals surface area (Å²) in [7, 11) is 0. The van der Waals surface area contributed by atoms with Crippen molar-refractivity contribution < 1.29 is 9.90 Å². The topological polar surface area (TPSA) is 105 Å². The number of aromatic nitrogens is 5. The van der Waals surface area contributed by atoms with E-state index in [1.54, 1.807) is 10.6 Å². The molecule has 0 saturated heterocycles. The minimum absolute atomic E-state index is 0.0566. The molecule has 0 aromatic carbocycles. The summed E-state index contributed by atoms with van der Waals surface area (Å²) in [5, 5.41) is 16.3. The van der Waals surface area contributed by atoms with Gasteiger partial charge in [0.05, 0.1) is 0 Å². The Morgan fingerprint density at radius 3 is 2.96 bits per heavy atom. The predicted molar refractivity (Wildman–Crippen MR) is 83.1 cm³/mol. The molecular weight excluding hydrogens is 296 g/mol. The average Bonchev–Trinajstić information content (AvgIpc) is 2.98. The van der Waals surface area contributed by atoms with E-state index in [4.69, 9.17) is 0 Å². The molecule has 0 atom stereocenters. The van der Waals surface area contributed by atoms with Crippen molar-refractivity contribution in [2.45, 2.75) is 26.7 Å². The quantitative estimate of drug-likeness (QED) is 0.754. The van der Waals surface area contributed by atoms with E-state index in [2.05, 4.69) is 25.4 Å². The van der Waals surface area contributed by atoms with Gasteiger partial charge in [-0.2, -0.15) is 10.1 Å². The van der Waals surface area contributed by atoms with Crippen LogP contribution in [-0.2, 0) is 11.2 Å². The van der Waals surface area contributed by atoms with Gasteiger partial charge < -0.3 is 10.4 Å². The van der Waals surface area contributed by atoms with Crippen molar-refractivity contribution in [2.24, 2.45) is 0 Å². The number of nitrogens with one attached hydrogen (secondary N) is 1. The summed E-state index contributed by atoms with van der Waals surface area (Å²) in [6.07, 6.45) is 3.72. The van der Waals surface area contributed by atoms with Crippen molar-refractivity contribution in [2.75, 3.05) is 5.32 Å². The average molecular weight is 312 g/mol. The standard InChI is InChI=1S/C15H16N6O2/c1-9-11(10(2)21-15(19-9)17-8-18-21)5-6-13(23)20-14-12(22)4-3-7-16-14/h3-4,7-8,22H,5-6H2,1-2H3,(H,16,20,23). The van der Waals surface area contributed by atoms with Crippen LogP contribution in [0.5, 0.6) is 5.75 Å². The molecule has 0 bridgehead atoms. The molecule has 0 aliphatic rings. The van der Waals surface area contributed by atoms with Gasteiger partial charge in [0.25, 0.3) is 5.78 Å². The summed E-state index contributed by atoms with van der Waals surface area (Å²) in [5.74, 6) is 0.429. The van der Waals surface area contributed by atoms with E-state index in [0.717, 1.165) is 17.0 Å². The Balaban J connectivity index is 1.73. The number of rotatable bonds is 4. The van der Waals surface area contributed by atoms with E-state index in [0.29, 0.717) is 12.2 Å². The molecule has 0 unspecified atom stereocenters. The molecular formula is C15H16N6O2. The molecule has 2 N–H and O–H groups in total. The highest BCUT2D eigenvalue weighted by molar-refractivity contribution is 5.91. The third kappa shape index (κ3) is 2.96. The lowest BCUT2D eigenvalue weighted by molar-refractivity contribution is -0.116. The molecule has 0 fully saturated rings. The molecule has 3 aromatic heterocycles. The number of hydrogen-bond donors (Lipinski definition) is 2. The molecule has 3 heterocycles. The van der Waals surface area contributed by atoms with Crippen molar-refractivity contribution in [3.8, 4) is 5.75 Å². The summed E-state index contributed by atoms with van der Waals surface area (Å²) in [5.41, 5.74) is 2.71. The van der Waals surface area contributed by atoms with Crippen LogP contribution in [0.15, 0.2) is 24.7 Å². The smallest absolute Gasteiger partial charge is 0.252 e. The van der Waals surface area contributed by atoms with Crippen molar-refractivity contribution in [3.05, 3.63) is 41.6 Å². The van der Waals surface area contributed by atoms with E-state index in [1.165, 1.54) is 18.6 Å². The first kappa shape index (κ1) is 14.9. The van der Waals surface area contributed by atoms with Gasteiger partial charge in [0.1, 0.15) is 6.33 Å². The molecule has 8 nitrogen and oxygen atoms in total. The monoisotopic (exact) mass is 312 g/mol. The number of carbonyl (C=O) groups is 1. The minimum atomic E-state index is -0.225. The van der Waals surface area contributed by atoms with E-state index in [-0.39, 0.29) is 23.9 Å². The highest BCUT2D eigenvalue weighted by Gasteiger charge is 2.13. The van der Waals surface area contributed by atoms with Gasteiger partial charge in [0, 0.05) is 24.0 Å². The van der Waals surface area contributed by atoms with Crippen LogP contribution in [0.2, 0.25) is 0 Å². The fourth-order valence-corrected chi connectivity index (χ4v) is 2.44. The van der Waals surface area contributed by atoms with Gasteiger partial charge in [0.15, 0.2) is 11.6 Å².